The minimum Gasteiger partial charge on any atom is -0.352 e. The fraction of sp³-hybridized carbons (Fsp3) is 0.417. The fourth-order valence-electron chi connectivity index (χ4n) is 1.46. The van der Waals surface area contributed by atoms with Crippen molar-refractivity contribution in [2.24, 2.45) is 0 Å². The SMILES string of the molecule is CCNC(=O)c1cc(C)cc(CC)c1. The van der Waals surface area contributed by atoms with E-state index >= 15 is 0 Å². The molecule has 0 aliphatic carbocycles. The van der Waals surface area contributed by atoms with Crippen molar-refractivity contribution in [3.8, 4) is 0 Å². The normalized spacial score (nSPS) is 9.93. The van der Waals surface area contributed by atoms with Crippen LogP contribution in [-0.4, -0.2) is 12.5 Å². The van der Waals surface area contributed by atoms with E-state index in [1.807, 2.05) is 26.0 Å². The number of carbonyl (C=O) groups is 1. The largest absolute Gasteiger partial charge is 0.352 e. The molecule has 2 heteroatoms. The van der Waals surface area contributed by atoms with E-state index in [0.29, 0.717) is 6.54 Å². The summed E-state index contributed by atoms with van der Waals surface area (Å²) in [6.07, 6.45) is 0.966. The van der Waals surface area contributed by atoms with Gasteiger partial charge in [0.05, 0.1) is 0 Å². The first kappa shape index (κ1) is 10.8. The Morgan fingerprint density at radius 2 is 2.00 bits per heavy atom. The summed E-state index contributed by atoms with van der Waals surface area (Å²) in [5.41, 5.74) is 3.13. The lowest BCUT2D eigenvalue weighted by molar-refractivity contribution is 0.0955. The summed E-state index contributed by atoms with van der Waals surface area (Å²) in [5, 5.41) is 2.80. The lowest BCUT2D eigenvalue weighted by atomic mass is 10.0. The molecule has 0 aliphatic heterocycles. The third-order valence-electron chi connectivity index (χ3n) is 2.14. The second kappa shape index (κ2) is 4.80. The van der Waals surface area contributed by atoms with Crippen LogP contribution in [0.1, 0.15) is 35.3 Å². The Morgan fingerprint density at radius 1 is 1.29 bits per heavy atom. The first-order valence-corrected chi connectivity index (χ1v) is 5.06. The second-order valence-corrected chi connectivity index (χ2v) is 3.42. The van der Waals surface area contributed by atoms with Gasteiger partial charge in [-0.25, -0.2) is 0 Å². The molecule has 0 saturated heterocycles. The molecule has 0 fully saturated rings. The van der Waals surface area contributed by atoms with Crippen molar-refractivity contribution >= 4 is 5.91 Å². The summed E-state index contributed by atoms with van der Waals surface area (Å²) in [6.45, 7) is 6.71. The predicted octanol–water partition coefficient (Wildman–Crippen LogP) is 2.31. The van der Waals surface area contributed by atoms with E-state index < -0.39 is 0 Å². The number of aryl methyl sites for hydroxylation is 2. The molecule has 0 saturated carbocycles. The highest BCUT2D eigenvalue weighted by Crippen LogP contribution is 2.10. The summed E-state index contributed by atoms with van der Waals surface area (Å²) >= 11 is 0. The van der Waals surface area contributed by atoms with Crippen LogP contribution in [0.4, 0.5) is 0 Å². The predicted molar refractivity (Wildman–Crippen MR) is 58.6 cm³/mol. The highest BCUT2D eigenvalue weighted by atomic mass is 16.1. The first-order chi connectivity index (χ1) is 6.67. The van der Waals surface area contributed by atoms with E-state index in [9.17, 15) is 4.79 Å². The number of hydrogen-bond acceptors (Lipinski definition) is 1. The van der Waals surface area contributed by atoms with Gasteiger partial charge in [-0.1, -0.05) is 18.6 Å². The van der Waals surface area contributed by atoms with Crippen molar-refractivity contribution in [1.82, 2.24) is 5.32 Å². The van der Waals surface area contributed by atoms with Crippen LogP contribution in [-0.2, 0) is 6.42 Å². The van der Waals surface area contributed by atoms with Crippen molar-refractivity contribution < 1.29 is 4.79 Å². The van der Waals surface area contributed by atoms with Crippen molar-refractivity contribution in [3.63, 3.8) is 0 Å². The zero-order valence-corrected chi connectivity index (χ0v) is 9.05. The summed E-state index contributed by atoms with van der Waals surface area (Å²) in [5.74, 6) is 0.0194. The van der Waals surface area contributed by atoms with Gasteiger partial charge in [-0.2, -0.15) is 0 Å². The molecule has 1 amide bonds. The molecule has 1 aromatic carbocycles. The molecule has 2 nitrogen and oxygen atoms in total. The van der Waals surface area contributed by atoms with E-state index in [0.717, 1.165) is 17.5 Å². The third-order valence-corrected chi connectivity index (χ3v) is 2.14. The molecular weight excluding hydrogens is 174 g/mol. The van der Waals surface area contributed by atoms with Gasteiger partial charge in [-0.05, 0) is 38.0 Å². The van der Waals surface area contributed by atoms with Crippen LogP contribution in [0, 0.1) is 6.92 Å². The van der Waals surface area contributed by atoms with Gasteiger partial charge in [0.25, 0.3) is 5.91 Å². The van der Waals surface area contributed by atoms with E-state index in [1.54, 1.807) is 0 Å². The summed E-state index contributed by atoms with van der Waals surface area (Å²) in [4.78, 5) is 11.6. The molecule has 1 rings (SSSR count). The number of hydrogen-bond donors (Lipinski definition) is 1. The molecule has 0 aromatic heterocycles. The van der Waals surface area contributed by atoms with Crippen LogP contribution in [0.3, 0.4) is 0 Å². The first-order valence-electron chi connectivity index (χ1n) is 5.06. The Morgan fingerprint density at radius 3 is 2.57 bits per heavy atom. The van der Waals surface area contributed by atoms with Crippen LogP contribution in [0.15, 0.2) is 18.2 Å². The monoisotopic (exact) mass is 191 g/mol. The molecule has 0 atom stereocenters. The maximum absolute atomic E-state index is 11.6. The average molecular weight is 191 g/mol. The fourth-order valence-corrected chi connectivity index (χ4v) is 1.46. The maximum Gasteiger partial charge on any atom is 0.251 e. The Kier molecular flexibility index (Phi) is 3.69. The Balaban J connectivity index is 2.96. The van der Waals surface area contributed by atoms with E-state index in [2.05, 4.69) is 18.3 Å². The van der Waals surface area contributed by atoms with Crippen molar-refractivity contribution in [1.29, 1.82) is 0 Å². The van der Waals surface area contributed by atoms with Crippen molar-refractivity contribution in [2.45, 2.75) is 27.2 Å². The highest BCUT2D eigenvalue weighted by molar-refractivity contribution is 5.94. The molecule has 1 aromatic rings. The Hall–Kier alpha value is -1.31. The molecular formula is C12H17NO. The number of carbonyl (C=O) groups excluding carboxylic acids is 1. The van der Waals surface area contributed by atoms with E-state index in [4.69, 9.17) is 0 Å². The molecule has 0 heterocycles. The van der Waals surface area contributed by atoms with Gasteiger partial charge in [-0.3, -0.25) is 4.79 Å². The number of amides is 1. The standard InChI is InChI=1S/C12H17NO/c1-4-10-6-9(3)7-11(8-10)12(14)13-5-2/h6-8H,4-5H2,1-3H3,(H,13,14). The molecule has 0 aliphatic rings. The van der Waals surface area contributed by atoms with Crippen LogP contribution in [0.5, 0.6) is 0 Å². The summed E-state index contributed by atoms with van der Waals surface area (Å²) in [7, 11) is 0. The van der Waals surface area contributed by atoms with Gasteiger partial charge in [-0.15, -0.1) is 0 Å². The van der Waals surface area contributed by atoms with Crippen LogP contribution in [0.25, 0.3) is 0 Å². The third kappa shape index (κ3) is 2.59. The topological polar surface area (TPSA) is 29.1 Å². The second-order valence-electron chi connectivity index (χ2n) is 3.42. The molecule has 1 N–H and O–H groups in total. The number of benzene rings is 1. The van der Waals surface area contributed by atoms with Gasteiger partial charge in [0.2, 0.25) is 0 Å². The number of nitrogens with one attached hydrogen (secondary N) is 1. The zero-order valence-electron chi connectivity index (χ0n) is 9.05. The van der Waals surface area contributed by atoms with Crippen LogP contribution >= 0.6 is 0 Å². The average Bonchev–Trinajstić information content (AvgIpc) is 2.17. The lowest BCUT2D eigenvalue weighted by Gasteiger charge is -2.05. The molecule has 14 heavy (non-hydrogen) atoms. The highest BCUT2D eigenvalue weighted by Gasteiger charge is 2.05. The summed E-state index contributed by atoms with van der Waals surface area (Å²) in [6, 6.07) is 5.99. The van der Waals surface area contributed by atoms with Crippen LogP contribution < -0.4 is 5.32 Å². The van der Waals surface area contributed by atoms with Gasteiger partial charge in [0, 0.05) is 12.1 Å². The van der Waals surface area contributed by atoms with Crippen LogP contribution in [0.2, 0.25) is 0 Å². The smallest absolute Gasteiger partial charge is 0.251 e. The molecule has 76 valence electrons. The Bertz CT molecular complexity index is 331. The molecule has 0 radical (unpaired) electrons. The number of rotatable bonds is 3. The quantitative estimate of drug-likeness (QED) is 0.780. The molecule has 0 spiro atoms. The van der Waals surface area contributed by atoms with Gasteiger partial charge in [0.1, 0.15) is 0 Å². The van der Waals surface area contributed by atoms with Crippen molar-refractivity contribution in [2.75, 3.05) is 6.54 Å². The molecule has 0 bridgehead atoms. The van der Waals surface area contributed by atoms with E-state index in [-0.39, 0.29) is 5.91 Å². The maximum atomic E-state index is 11.6. The van der Waals surface area contributed by atoms with E-state index in [1.165, 1.54) is 5.56 Å². The van der Waals surface area contributed by atoms with Crippen molar-refractivity contribution in [3.05, 3.63) is 34.9 Å². The lowest BCUT2D eigenvalue weighted by Crippen LogP contribution is -2.22. The Labute approximate surface area is 85.3 Å². The minimum absolute atomic E-state index is 0.0194. The van der Waals surface area contributed by atoms with Gasteiger partial charge >= 0.3 is 0 Å². The summed E-state index contributed by atoms with van der Waals surface area (Å²) < 4.78 is 0. The van der Waals surface area contributed by atoms with Gasteiger partial charge in [0.15, 0.2) is 0 Å². The van der Waals surface area contributed by atoms with Gasteiger partial charge < -0.3 is 5.32 Å². The zero-order chi connectivity index (χ0) is 10.6. The molecule has 0 unspecified atom stereocenters. The minimum atomic E-state index is 0.0194.